The summed E-state index contributed by atoms with van der Waals surface area (Å²) < 4.78 is 0. The number of aliphatic hydroxyl groups is 1. The van der Waals surface area contributed by atoms with E-state index in [1.54, 1.807) is 17.5 Å². The zero-order chi connectivity index (χ0) is 17.2. The van der Waals surface area contributed by atoms with Crippen LogP contribution in [0.3, 0.4) is 0 Å². The second-order valence-electron chi connectivity index (χ2n) is 6.15. The van der Waals surface area contributed by atoms with Crippen molar-refractivity contribution in [3.8, 4) is 10.6 Å². The first-order chi connectivity index (χ1) is 12.2. The van der Waals surface area contributed by atoms with E-state index < -0.39 is 0 Å². The fourth-order valence-electron chi connectivity index (χ4n) is 2.82. The van der Waals surface area contributed by atoms with E-state index in [1.807, 2.05) is 43.5 Å². The van der Waals surface area contributed by atoms with E-state index in [2.05, 4.69) is 25.2 Å². The molecular formula is C18H19N5OS. The summed E-state index contributed by atoms with van der Waals surface area (Å²) in [6, 6.07) is 9.82. The highest BCUT2D eigenvalue weighted by Gasteiger charge is 2.22. The quantitative estimate of drug-likeness (QED) is 0.750. The molecule has 7 heteroatoms. The molecule has 1 atom stereocenters. The first kappa shape index (κ1) is 16.0. The van der Waals surface area contributed by atoms with Gasteiger partial charge in [-0.05, 0) is 43.2 Å². The third-order valence-electron chi connectivity index (χ3n) is 4.10. The molecule has 1 fully saturated rings. The van der Waals surface area contributed by atoms with Crippen molar-refractivity contribution in [3.63, 3.8) is 0 Å². The maximum atomic E-state index is 9.69. The van der Waals surface area contributed by atoms with Crippen molar-refractivity contribution in [1.29, 1.82) is 0 Å². The molecule has 0 aromatic carbocycles. The standard InChI is InChI=1S/C18H19N5OS/c1-12-5-7-19-17(9-12)22-16-4-2-3-14(21-16)15-10-20-18(25-15)23-8-6-13(24)11-23/h2-5,7,9-10,13,24H,6,8,11H2,1H3,(H,19,21,22). The first-order valence-corrected chi connectivity index (χ1v) is 9.05. The van der Waals surface area contributed by atoms with Crippen LogP contribution in [-0.4, -0.2) is 39.3 Å². The van der Waals surface area contributed by atoms with Gasteiger partial charge < -0.3 is 15.3 Å². The second kappa shape index (κ2) is 6.78. The largest absolute Gasteiger partial charge is 0.391 e. The zero-order valence-electron chi connectivity index (χ0n) is 13.9. The van der Waals surface area contributed by atoms with Crippen molar-refractivity contribution in [2.45, 2.75) is 19.4 Å². The van der Waals surface area contributed by atoms with Gasteiger partial charge in [-0.25, -0.2) is 15.0 Å². The third-order valence-corrected chi connectivity index (χ3v) is 5.18. The van der Waals surface area contributed by atoms with Crippen molar-refractivity contribution in [2.24, 2.45) is 0 Å². The normalized spacial score (nSPS) is 17.0. The fraction of sp³-hybridized carbons (Fsp3) is 0.278. The van der Waals surface area contributed by atoms with Crippen LogP contribution in [0.2, 0.25) is 0 Å². The number of thiazole rings is 1. The van der Waals surface area contributed by atoms with Gasteiger partial charge in [0.1, 0.15) is 11.6 Å². The minimum atomic E-state index is -0.250. The van der Waals surface area contributed by atoms with Crippen molar-refractivity contribution >= 4 is 28.1 Å². The van der Waals surface area contributed by atoms with Gasteiger partial charge >= 0.3 is 0 Å². The Labute approximate surface area is 150 Å². The molecule has 1 aliphatic rings. The Kier molecular flexibility index (Phi) is 4.33. The van der Waals surface area contributed by atoms with E-state index in [-0.39, 0.29) is 6.10 Å². The van der Waals surface area contributed by atoms with Gasteiger partial charge in [0.25, 0.3) is 0 Å². The van der Waals surface area contributed by atoms with Crippen LogP contribution >= 0.6 is 11.3 Å². The molecule has 0 amide bonds. The van der Waals surface area contributed by atoms with E-state index in [0.717, 1.165) is 45.9 Å². The average molecular weight is 353 g/mol. The molecule has 3 aromatic heterocycles. The lowest BCUT2D eigenvalue weighted by Gasteiger charge is -2.12. The molecule has 0 spiro atoms. The fourth-order valence-corrected chi connectivity index (χ4v) is 3.74. The average Bonchev–Trinajstić information content (AvgIpc) is 3.24. The monoisotopic (exact) mass is 353 g/mol. The Hall–Kier alpha value is -2.51. The van der Waals surface area contributed by atoms with Crippen LogP contribution in [0.4, 0.5) is 16.8 Å². The highest BCUT2D eigenvalue weighted by atomic mass is 32.1. The maximum Gasteiger partial charge on any atom is 0.185 e. The SMILES string of the molecule is Cc1ccnc(Nc2cccc(-c3cnc(N4CCC(O)C4)s3)n2)c1. The Morgan fingerprint density at radius 3 is 2.96 bits per heavy atom. The number of aryl methyl sites for hydroxylation is 1. The van der Waals surface area contributed by atoms with E-state index in [9.17, 15) is 5.11 Å². The molecule has 25 heavy (non-hydrogen) atoms. The summed E-state index contributed by atoms with van der Waals surface area (Å²) in [7, 11) is 0. The van der Waals surface area contributed by atoms with Gasteiger partial charge in [-0.3, -0.25) is 0 Å². The summed E-state index contributed by atoms with van der Waals surface area (Å²) in [5, 5.41) is 13.9. The molecule has 4 rings (SSSR count). The number of β-amino-alcohol motifs (C(OH)–C–C–N with tert-alkyl or cyclic N) is 1. The Balaban J connectivity index is 1.54. The number of nitrogens with zero attached hydrogens (tertiary/aromatic N) is 4. The summed E-state index contributed by atoms with van der Waals surface area (Å²) in [5.74, 6) is 1.53. The predicted octanol–water partition coefficient (Wildman–Crippen LogP) is 3.22. The van der Waals surface area contributed by atoms with Gasteiger partial charge in [0, 0.05) is 25.5 Å². The molecule has 0 bridgehead atoms. The van der Waals surface area contributed by atoms with Crippen LogP contribution in [-0.2, 0) is 0 Å². The number of aliphatic hydroxyl groups excluding tert-OH is 1. The molecule has 2 N–H and O–H groups in total. The van der Waals surface area contributed by atoms with Gasteiger partial charge in [-0.1, -0.05) is 17.4 Å². The van der Waals surface area contributed by atoms with Gasteiger partial charge in [-0.15, -0.1) is 0 Å². The molecule has 0 radical (unpaired) electrons. The second-order valence-corrected chi connectivity index (χ2v) is 7.16. The van der Waals surface area contributed by atoms with E-state index in [0.29, 0.717) is 6.54 Å². The zero-order valence-corrected chi connectivity index (χ0v) is 14.7. The Bertz CT molecular complexity index is 881. The first-order valence-electron chi connectivity index (χ1n) is 8.23. The lowest BCUT2D eigenvalue weighted by atomic mass is 10.3. The predicted molar refractivity (Wildman–Crippen MR) is 100 cm³/mol. The van der Waals surface area contributed by atoms with Gasteiger partial charge in [0.05, 0.1) is 16.7 Å². The van der Waals surface area contributed by atoms with Crippen molar-refractivity contribution < 1.29 is 5.11 Å². The van der Waals surface area contributed by atoms with Crippen molar-refractivity contribution in [3.05, 3.63) is 48.3 Å². The lowest BCUT2D eigenvalue weighted by Crippen LogP contribution is -2.20. The number of rotatable bonds is 4. The maximum absolute atomic E-state index is 9.69. The number of aromatic nitrogens is 3. The number of anilines is 3. The van der Waals surface area contributed by atoms with E-state index >= 15 is 0 Å². The topological polar surface area (TPSA) is 74.2 Å². The van der Waals surface area contributed by atoms with Crippen LogP contribution in [0.5, 0.6) is 0 Å². The van der Waals surface area contributed by atoms with Crippen LogP contribution in [0.1, 0.15) is 12.0 Å². The van der Waals surface area contributed by atoms with Gasteiger partial charge in [0.15, 0.2) is 5.13 Å². The highest BCUT2D eigenvalue weighted by molar-refractivity contribution is 7.18. The van der Waals surface area contributed by atoms with Crippen LogP contribution in [0.15, 0.2) is 42.7 Å². The number of pyridine rings is 2. The number of hydrogen-bond acceptors (Lipinski definition) is 7. The molecular weight excluding hydrogens is 334 g/mol. The molecule has 3 aromatic rings. The Morgan fingerprint density at radius 1 is 1.24 bits per heavy atom. The molecule has 6 nitrogen and oxygen atoms in total. The van der Waals surface area contributed by atoms with Gasteiger partial charge in [-0.2, -0.15) is 0 Å². The summed E-state index contributed by atoms with van der Waals surface area (Å²) in [6.45, 7) is 3.54. The Morgan fingerprint density at radius 2 is 2.16 bits per heavy atom. The molecule has 0 aliphatic carbocycles. The molecule has 1 saturated heterocycles. The number of hydrogen-bond donors (Lipinski definition) is 2. The van der Waals surface area contributed by atoms with Gasteiger partial charge in [0.2, 0.25) is 0 Å². The van der Waals surface area contributed by atoms with Crippen LogP contribution in [0, 0.1) is 6.92 Å². The summed E-state index contributed by atoms with van der Waals surface area (Å²) in [5.41, 5.74) is 2.02. The van der Waals surface area contributed by atoms with Crippen molar-refractivity contribution in [1.82, 2.24) is 15.0 Å². The summed E-state index contributed by atoms with van der Waals surface area (Å²) in [4.78, 5) is 16.6. The molecule has 0 saturated carbocycles. The van der Waals surface area contributed by atoms with Crippen LogP contribution < -0.4 is 10.2 Å². The molecule has 128 valence electrons. The minimum Gasteiger partial charge on any atom is -0.391 e. The van der Waals surface area contributed by atoms with Crippen LogP contribution in [0.25, 0.3) is 10.6 Å². The summed E-state index contributed by atoms with van der Waals surface area (Å²) in [6.07, 6.45) is 4.18. The summed E-state index contributed by atoms with van der Waals surface area (Å²) >= 11 is 1.60. The molecule has 1 unspecified atom stereocenters. The molecule has 1 aliphatic heterocycles. The number of nitrogens with one attached hydrogen (secondary N) is 1. The van der Waals surface area contributed by atoms with E-state index in [1.165, 1.54) is 0 Å². The highest BCUT2D eigenvalue weighted by Crippen LogP contribution is 2.32. The van der Waals surface area contributed by atoms with E-state index in [4.69, 9.17) is 0 Å². The smallest absolute Gasteiger partial charge is 0.185 e. The van der Waals surface area contributed by atoms with Crippen molar-refractivity contribution in [2.75, 3.05) is 23.3 Å². The molecule has 4 heterocycles. The minimum absolute atomic E-state index is 0.250. The lowest BCUT2D eigenvalue weighted by molar-refractivity contribution is 0.198. The third kappa shape index (κ3) is 3.62.